The molecule has 1 aromatic rings. The fourth-order valence-electron chi connectivity index (χ4n) is 2.42. The molecule has 0 bridgehead atoms. The summed E-state index contributed by atoms with van der Waals surface area (Å²) in [6.07, 6.45) is -7.89. The van der Waals surface area contributed by atoms with Gasteiger partial charge in [0.25, 0.3) is 0 Å². The molecule has 22 heteroatoms. The Hall–Kier alpha value is -1.33. The van der Waals surface area contributed by atoms with Crippen molar-refractivity contribution in [3.63, 3.8) is 0 Å². The first-order valence-corrected chi connectivity index (χ1v) is 14.1. The van der Waals surface area contributed by atoms with E-state index in [1.54, 1.807) is 0 Å². The molecule has 0 spiro atoms. The summed E-state index contributed by atoms with van der Waals surface area (Å²) >= 11 is -4.33. The SMILES string of the molecule is CC(C)(C)I(OS(=O)(=O)C(F)(F)C(F)(F)C(F)(F)C(F)(F)C(F)(F)C(F)(F)C(F)(F)C(F)(F)F)c1ccccc1. The maximum atomic E-state index is 14.4. The van der Waals surface area contributed by atoms with Gasteiger partial charge in [0.05, 0.1) is 0 Å². The zero-order valence-corrected chi connectivity index (χ0v) is 22.3. The molecule has 40 heavy (non-hydrogen) atoms. The second-order valence-electron chi connectivity index (χ2n) is 8.59. The molecule has 0 aliphatic rings. The van der Waals surface area contributed by atoms with Crippen LogP contribution in [0, 0.1) is 3.57 Å². The average molecular weight is 760 g/mol. The van der Waals surface area contributed by atoms with Gasteiger partial charge in [-0.15, -0.1) is 0 Å². The van der Waals surface area contributed by atoms with Crippen molar-refractivity contribution >= 4 is 30.4 Å². The molecular formula is C18H14F17IO3S. The van der Waals surface area contributed by atoms with E-state index in [0.29, 0.717) is 0 Å². The van der Waals surface area contributed by atoms with Gasteiger partial charge in [0.2, 0.25) is 0 Å². The zero-order valence-electron chi connectivity index (χ0n) is 19.3. The van der Waals surface area contributed by atoms with Crippen molar-refractivity contribution in [3.8, 4) is 0 Å². The first-order chi connectivity index (χ1) is 17.2. The zero-order chi connectivity index (χ0) is 32.4. The van der Waals surface area contributed by atoms with Gasteiger partial charge in [-0.2, -0.15) is 0 Å². The predicted octanol–water partition coefficient (Wildman–Crippen LogP) is 8.39. The fraction of sp³-hybridized carbons (Fsp3) is 0.667. The summed E-state index contributed by atoms with van der Waals surface area (Å²) < 4.78 is 255. The molecule has 1 aromatic carbocycles. The van der Waals surface area contributed by atoms with Crippen molar-refractivity contribution in [3.05, 3.63) is 33.9 Å². The van der Waals surface area contributed by atoms with E-state index in [1.807, 2.05) is 0 Å². The molecule has 1 rings (SSSR count). The molecule has 0 atom stereocenters. The van der Waals surface area contributed by atoms with Gasteiger partial charge in [-0.1, -0.05) is 0 Å². The van der Waals surface area contributed by atoms with E-state index in [4.69, 9.17) is 0 Å². The van der Waals surface area contributed by atoms with E-state index in [-0.39, 0.29) is 3.57 Å². The van der Waals surface area contributed by atoms with Crippen LogP contribution in [0.3, 0.4) is 0 Å². The molecule has 0 saturated heterocycles. The molecule has 0 saturated carbocycles. The number of hydrogen-bond acceptors (Lipinski definition) is 3. The van der Waals surface area contributed by atoms with Crippen LogP contribution in [0.2, 0.25) is 0 Å². The van der Waals surface area contributed by atoms with Crippen molar-refractivity contribution in [1.29, 1.82) is 0 Å². The molecule has 0 aliphatic carbocycles. The maximum absolute atomic E-state index is 14.4. The molecule has 0 radical (unpaired) electrons. The second-order valence-corrected chi connectivity index (χ2v) is 17.1. The van der Waals surface area contributed by atoms with E-state index >= 15 is 0 Å². The Morgan fingerprint density at radius 3 is 1.20 bits per heavy atom. The minimum absolute atomic E-state index is 0.292. The van der Waals surface area contributed by atoms with Crippen molar-refractivity contribution in [2.24, 2.45) is 0 Å². The van der Waals surface area contributed by atoms with Crippen molar-refractivity contribution < 1.29 is 85.6 Å². The number of rotatable bonds is 10. The second kappa shape index (κ2) is 10.1. The van der Waals surface area contributed by atoms with Crippen LogP contribution in [0.5, 0.6) is 0 Å². The molecular weight excluding hydrogens is 746 g/mol. The fourth-order valence-corrected chi connectivity index (χ4v) is 10.6. The Morgan fingerprint density at radius 1 is 0.550 bits per heavy atom. The summed E-state index contributed by atoms with van der Waals surface area (Å²) in [5.41, 5.74) is 0. The third kappa shape index (κ3) is 5.32. The Bertz CT molecular complexity index is 1160. The van der Waals surface area contributed by atoms with Crippen molar-refractivity contribution in [2.45, 2.75) is 71.2 Å². The van der Waals surface area contributed by atoms with Crippen LogP contribution < -0.4 is 0 Å². The number of hydrogen-bond donors (Lipinski definition) is 0. The quantitative estimate of drug-likeness (QED) is 0.137. The van der Waals surface area contributed by atoms with Crippen LogP contribution in [0.25, 0.3) is 0 Å². The molecule has 0 heterocycles. The topological polar surface area (TPSA) is 43.4 Å². The Balaban J connectivity index is 3.76. The normalized spacial score (nSPS) is 16.2. The van der Waals surface area contributed by atoms with Crippen LogP contribution in [0.1, 0.15) is 20.8 Å². The molecule has 0 N–H and O–H groups in total. The minimum atomic E-state index is -8.89. The van der Waals surface area contributed by atoms with E-state index in [2.05, 4.69) is 2.51 Å². The number of alkyl halides is 18. The van der Waals surface area contributed by atoms with Crippen molar-refractivity contribution in [1.82, 2.24) is 0 Å². The van der Waals surface area contributed by atoms with E-state index in [0.717, 1.165) is 45.0 Å². The van der Waals surface area contributed by atoms with E-state index < -0.39 is 80.7 Å². The van der Waals surface area contributed by atoms with Gasteiger partial charge in [-0.3, -0.25) is 0 Å². The monoisotopic (exact) mass is 760 g/mol. The van der Waals surface area contributed by atoms with Crippen LogP contribution in [0.4, 0.5) is 74.6 Å². The third-order valence-electron chi connectivity index (χ3n) is 4.60. The van der Waals surface area contributed by atoms with Crippen LogP contribution in [-0.4, -0.2) is 58.8 Å². The van der Waals surface area contributed by atoms with Gasteiger partial charge < -0.3 is 0 Å². The summed E-state index contributed by atoms with van der Waals surface area (Å²) in [6.45, 7) is 3.18. The molecule has 3 nitrogen and oxygen atoms in total. The first-order valence-electron chi connectivity index (χ1n) is 9.61. The number of halogens is 18. The van der Waals surface area contributed by atoms with Gasteiger partial charge in [-0.25, -0.2) is 0 Å². The third-order valence-corrected chi connectivity index (χ3v) is 13.1. The molecule has 236 valence electrons. The van der Waals surface area contributed by atoms with Crippen molar-refractivity contribution in [2.75, 3.05) is 0 Å². The Morgan fingerprint density at radius 2 is 0.875 bits per heavy atom. The standard InChI is InChI=1S/C18H14F17IO3S/c1-10(2,3)36(9-7-5-4-6-8-9)39-40(37,38)18(34,35)16(29,30)14(25,26)12(21,22)11(19,20)13(23,24)15(27,28)17(31,32)33/h4-8H,1-3H3. The molecule has 0 amide bonds. The van der Waals surface area contributed by atoms with Gasteiger partial charge in [-0.05, 0) is 0 Å². The summed E-state index contributed by atoms with van der Waals surface area (Å²) in [4.78, 5) is 0. The summed E-state index contributed by atoms with van der Waals surface area (Å²) in [7, 11) is -7.61. The van der Waals surface area contributed by atoms with E-state index in [9.17, 15) is 83.1 Å². The van der Waals surface area contributed by atoms with Crippen LogP contribution in [-0.2, 0) is 12.6 Å². The molecule has 0 fully saturated rings. The molecule has 0 aromatic heterocycles. The molecule has 0 unspecified atom stereocenters. The predicted molar refractivity (Wildman–Crippen MR) is 110 cm³/mol. The molecule has 0 aliphatic heterocycles. The Labute approximate surface area is 221 Å². The van der Waals surface area contributed by atoms with Gasteiger partial charge in [0, 0.05) is 0 Å². The van der Waals surface area contributed by atoms with Crippen LogP contribution in [0.15, 0.2) is 30.3 Å². The number of benzene rings is 1. The Kier molecular flexibility index (Phi) is 9.30. The summed E-state index contributed by atoms with van der Waals surface area (Å²) in [6, 6.07) is 5.48. The average Bonchev–Trinajstić information content (AvgIpc) is 2.75. The van der Waals surface area contributed by atoms with Gasteiger partial charge in [0.1, 0.15) is 0 Å². The summed E-state index contributed by atoms with van der Waals surface area (Å²) in [5.74, 6) is -51.9. The van der Waals surface area contributed by atoms with Crippen LogP contribution >= 0.6 is 20.2 Å². The van der Waals surface area contributed by atoms with Gasteiger partial charge >= 0.3 is 221 Å². The summed E-state index contributed by atoms with van der Waals surface area (Å²) in [5, 5.41) is -7.69. The van der Waals surface area contributed by atoms with Gasteiger partial charge in [0.15, 0.2) is 0 Å². The first kappa shape index (κ1) is 36.7. The van der Waals surface area contributed by atoms with E-state index in [1.165, 1.54) is 6.07 Å².